The van der Waals surface area contributed by atoms with Crippen LogP contribution in [0.5, 0.6) is 0 Å². The van der Waals surface area contributed by atoms with Crippen LogP contribution in [-0.4, -0.2) is 44.9 Å². The molecule has 1 unspecified atom stereocenters. The number of aromatic nitrogens is 3. The van der Waals surface area contributed by atoms with Gasteiger partial charge in [-0.05, 0) is 26.3 Å². The molecule has 4 rings (SSSR count). The minimum absolute atomic E-state index is 0.0435. The Labute approximate surface area is 151 Å². The van der Waals surface area contributed by atoms with E-state index in [1.807, 2.05) is 43.0 Å². The highest BCUT2D eigenvalue weighted by molar-refractivity contribution is 5.82. The summed E-state index contributed by atoms with van der Waals surface area (Å²) < 4.78 is 12.9. The van der Waals surface area contributed by atoms with Crippen molar-refractivity contribution < 1.29 is 14.1 Å². The molecular weight excluding hydrogens is 332 g/mol. The largest absolute Gasteiger partial charge is 0.371 e. The number of benzene rings is 1. The topological polar surface area (TPSA) is 73.4 Å². The average Bonchev–Trinajstić information content (AvgIpc) is 3.34. The highest BCUT2D eigenvalue weighted by Crippen LogP contribution is 2.19. The molecule has 0 radical (unpaired) electrons. The molecule has 0 N–H and O–H groups in total. The normalized spacial score (nSPS) is 17.3. The number of fused-ring (bicyclic) bond motifs is 1. The molecule has 3 heterocycles. The summed E-state index contributed by atoms with van der Waals surface area (Å²) >= 11 is 0. The van der Waals surface area contributed by atoms with Crippen LogP contribution in [0.1, 0.15) is 23.4 Å². The Bertz CT molecular complexity index is 910. The molecule has 1 atom stereocenters. The van der Waals surface area contributed by atoms with Crippen LogP contribution in [0.25, 0.3) is 10.9 Å². The van der Waals surface area contributed by atoms with Crippen LogP contribution in [0.3, 0.4) is 0 Å². The quantitative estimate of drug-likeness (QED) is 0.704. The lowest BCUT2D eigenvalue weighted by molar-refractivity contribution is -0.131. The third-order valence-electron chi connectivity index (χ3n) is 4.98. The molecule has 1 amide bonds. The predicted octanol–water partition coefficient (Wildman–Crippen LogP) is 2.46. The fraction of sp³-hybridized carbons (Fsp3) is 0.421. The van der Waals surface area contributed by atoms with Crippen LogP contribution in [0, 0.1) is 13.8 Å². The van der Waals surface area contributed by atoms with E-state index in [1.54, 1.807) is 10.9 Å². The van der Waals surface area contributed by atoms with Crippen molar-refractivity contribution in [2.24, 2.45) is 0 Å². The first-order chi connectivity index (χ1) is 12.6. The average molecular weight is 354 g/mol. The molecule has 0 aliphatic carbocycles. The van der Waals surface area contributed by atoms with E-state index in [0.717, 1.165) is 34.3 Å². The SMILES string of the molecule is Cc1noc(C)c1COC1CCN(C(=O)Cn2ncc3ccccc32)C1. The van der Waals surface area contributed by atoms with E-state index in [0.29, 0.717) is 19.7 Å². The number of aryl methyl sites for hydroxylation is 2. The van der Waals surface area contributed by atoms with E-state index >= 15 is 0 Å². The number of likely N-dealkylation sites (tertiary alicyclic amines) is 1. The van der Waals surface area contributed by atoms with Gasteiger partial charge in [-0.25, -0.2) is 0 Å². The lowest BCUT2D eigenvalue weighted by atomic mass is 10.2. The van der Waals surface area contributed by atoms with E-state index in [9.17, 15) is 4.79 Å². The summed E-state index contributed by atoms with van der Waals surface area (Å²) in [6.07, 6.45) is 2.68. The highest BCUT2D eigenvalue weighted by Gasteiger charge is 2.27. The number of carbonyl (C=O) groups is 1. The molecule has 26 heavy (non-hydrogen) atoms. The smallest absolute Gasteiger partial charge is 0.244 e. The number of para-hydroxylation sites is 1. The molecule has 1 saturated heterocycles. The van der Waals surface area contributed by atoms with Crippen LogP contribution in [-0.2, 0) is 22.7 Å². The third-order valence-corrected chi connectivity index (χ3v) is 4.98. The first-order valence-electron chi connectivity index (χ1n) is 8.83. The van der Waals surface area contributed by atoms with Crippen molar-refractivity contribution in [3.05, 3.63) is 47.5 Å². The zero-order chi connectivity index (χ0) is 18.1. The van der Waals surface area contributed by atoms with Crippen LogP contribution >= 0.6 is 0 Å². The molecule has 1 aliphatic heterocycles. The molecular formula is C19H22N4O3. The Hall–Kier alpha value is -2.67. The van der Waals surface area contributed by atoms with Gasteiger partial charge >= 0.3 is 0 Å². The maximum Gasteiger partial charge on any atom is 0.244 e. The van der Waals surface area contributed by atoms with Gasteiger partial charge in [-0.3, -0.25) is 9.48 Å². The molecule has 2 aromatic heterocycles. The number of hydrogen-bond donors (Lipinski definition) is 0. The van der Waals surface area contributed by atoms with Gasteiger partial charge < -0.3 is 14.2 Å². The first kappa shape index (κ1) is 16.8. The van der Waals surface area contributed by atoms with Crippen LogP contribution in [0.2, 0.25) is 0 Å². The number of nitrogens with zero attached hydrogens (tertiary/aromatic N) is 4. The van der Waals surface area contributed by atoms with Gasteiger partial charge in [-0.1, -0.05) is 23.4 Å². The van der Waals surface area contributed by atoms with Crippen molar-refractivity contribution >= 4 is 16.8 Å². The number of hydrogen-bond acceptors (Lipinski definition) is 5. The van der Waals surface area contributed by atoms with Crippen LogP contribution in [0.15, 0.2) is 35.0 Å². The highest BCUT2D eigenvalue weighted by atomic mass is 16.5. The molecule has 1 aliphatic rings. The Kier molecular flexibility index (Phi) is 4.46. The van der Waals surface area contributed by atoms with Crippen molar-refractivity contribution in [3.63, 3.8) is 0 Å². The second kappa shape index (κ2) is 6.92. The van der Waals surface area contributed by atoms with E-state index < -0.39 is 0 Å². The number of ether oxygens (including phenoxy) is 1. The monoisotopic (exact) mass is 354 g/mol. The Morgan fingerprint density at radius 2 is 2.19 bits per heavy atom. The van der Waals surface area contributed by atoms with Gasteiger partial charge in [0.05, 0.1) is 30.1 Å². The van der Waals surface area contributed by atoms with E-state index in [2.05, 4.69) is 10.3 Å². The van der Waals surface area contributed by atoms with E-state index in [4.69, 9.17) is 9.26 Å². The molecule has 0 saturated carbocycles. The molecule has 7 heteroatoms. The number of amides is 1. The van der Waals surface area contributed by atoms with Gasteiger partial charge in [0.25, 0.3) is 0 Å². The van der Waals surface area contributed by atoms with Gasteiger partial charge in [-0.2, -0.15) is 5.10 Å². The van der Waals surface area contributed by atoms with Gasteiger partial charge in [-0.15, -0.1) is 0 Å². The van der Waals surface area contributed by atoms with E-state index in [-0.39, 0.29) is 18.6 Å². The fourth-order valence-electron chi connectivity index (χ4n) is 3.38. The first-order valence-corrected chi connectivity index (χ1v) is 8.83. The van der Waals surface area contributed by atoms with Gasteiger partial charge in [0.2, 0.25) is 5.91 Å². The lowest BCUT2D eigenvalue weighted by Gasteiger charge is -2.17. The minimum Gasteiger partial charge on any atom is -0.371 e. The van der Waals surface area contributed by atoms with Crippen molar-refractivity contribution in [2.45, 2.75) is 39.5 Å². The molecule has 1 aromatic carbocycles. The predicted molar refractivity (Wildman–Crippen MR) is 95.5 cm³/mol. The van der Waals surface area contributed by atoms with Crippen molar-refractivity contribution in [1.29, 1.82) is 0 Å². The Balaban J connectivity index is 1.34. The molecule has 0 bridgehead atoms. The summed E-state index contributed by atoms with van der Waals surface area (Å²) in [5.74, 6) is 0.862. The second-order valence-corrected chi connectivity index (χ2v) is 6.73. The summed E-state index contributed by atoms with van der Waals surface area (Å²) in [7, 11) is 0. The van der Waals surface area contributed by atoms with Gasteiger partial charge in [0, 0.05) is 24.0 Å². The Morgan fingerprint density at radius 1 is 1.35 bits per heavy atom. The summed E-state index contributed by atoms with van der Waals surface area (Å²) in [4.78, 5) is 14.5. The zero-order valence-electron chi connectivity index (χ0n) is 15.0. The lowest BCUT2D eigenvalue weighted by Crippen LogP contribution is -2.33. The number of carbonyl (C=O) groups excluding carboxylic acids is 1. The standard InChI is InChI=1S/C19H22N4O3/c1-13-17(14(2)26-21-13)12-25-16-7-8-22(10-16)19(24)11-23-18-6-4-3-5-15(18)9-20-23/h3-6,9,16H,7-8,10-12H2,1-2H3. The second-order valence-electron chi connectivity index (χ2n) is 6.73. The van der Waals surface area contributed by atoms with Crippen LogP contribution in [0.4, 0.5) is 0 Å². The van der Waals surface area contributed by atoms with Crippen molar-refractivity contribution in [3.8, 4) is 0 Å². The van der Waals surface area contributed by atoms with Gasteiger partial charge in [0.15, 0.2) is 0 Å². The summed E-state index contributed by atoms with van der Waals surface area (Å²) in [5, 5.41) is 9.32. The molecule has 136 valence electrons. The molecule has 0 spiro atoms. The molecule has 3 aromatic rings. The Morgan fingerprint density at radius 3 is 3.00 bits per heavy atom. The molecule has 7 nitrogen and oxygen atoms in total. The number of rotatable bonds is 5. The van der Waals surface area contributed by atoms with Gasteiger partial charge in [0.1, 0.15) is 12.3 Å². The summed E-state index contributed by atoms with van der Waals surface area (Å²) in [6.45, 7) is 5.85. The minimum atomic E-state index is 0.0435. The van der Waals surface area contributed by atoms with Crippen molar-refractivity contribution in [1.82, 2.24) is 19.8 Å². The summed E-state index contributed by atoms with van der Waals surface area (Å²) in [6, 6.07) is 7.91. The summed E-state index contributed by atoms with van der Waals surface area (Å²) in [5.41, 5.74) is 2.84. The fourth-order valence-corrected chi connectivity index (χ4v) is 3.38. The van der Waals surface area contributed by atoms with E-state index in [1.165, 1.54) is 0 Å². The van der Waals surface area contributed by atoms with Crippen LogP contribution < -0.4 is 0 Å². The maximum absolute atomic E-state index is 12.6. The maximum atomic E-state index is 12.6. The van der Waals surface area contributed by atoms with Crippen molar-refractivity contribution in [2.75, 3.05) is 13.1 Å². The molecule has 1 fully saturated rings. The zero-order valence-corrected chi connectivity index (χ0v) is 15.0. The third kappa shape index (κ3) is 3.22.